The summed E-state index contributed by atoms with van der Waals surface area (Å²) in [6.07, 6.45) is 0. The van der Waals surface area contributed by atoms with E-state index in [1.807, 2.05) is 24.3 Å². The van der Waals surface area contributed by atoms with Gasteiger partial charge in [0.05, 0.1) is 22.5 Å². The monoisotopic (exact) mass is 471 g/mol. The van der Waals surface area contributed by atoms with E-state index in [0.717, 1.165) is 22.0 Å². The van der Waals surface area contributed by atoms with E-state index in [-0.39, 0.29) is 11.4 Å². The standard InChI is InChI=1S/C23H22ClN3O2S2/c1-2-30-23-26-21-14-20(31(28,29)25-15-17-8-10-19(24)11-9-17)12-13-22(21)27(23)16-18-6-4-3-5-7-18/h3-14,25H,2,15-16H2,1H3. The number of aromatic nitrogens is 2. The summed E-state index contributed by atoms with van der Waals surface area (Å²) in [4.78, 5) is 4.92. The molecule has 1 heterocycles. The Hall–Kier alpha value is -2.32. The predicted molar refractivity (Wildman–Crippen MR) is 127 cm³/mol. The number of sulfonamides is 1. The van der Waals surface area contributed by atoms with Gasteiger partial charge in [0.25, 0.3) is 0 Å². The molecule has 1 aromatic heterocycles. The van der Waals surface area contributed by atoms with Gasteiger partial charge in [-0.3, -0.25) is 0 Å². The molecule has 0 aliphatic carbocycles. The van der Waals surface area contributed by atoms with Gasteiger partial charge in [-0.15, -0.1) is 0 Å². The summed E-state index contributed by atoms with van der Waals surface area (Å²) in [7, 11) is -3.67. The molecule has 0 fully saturated rings. The number of rotatable bonds is 8. The van der Waals surface area contributed by atoms with Crippen molar-refractivity contribution < 1.29 is 8.42 Å². The minimum Gasteiger partial charge on any atom is -0.314 e. The van der Waals surface area contributed by atoms with Crippen molar-refractivity contribution in [3.8, 4) is 0 Å². The Morgan fingerprint density at radius 1 is 1.00 bits per heavy atom. The Labute approximate surface area is 191 Å². The molecule has 0 unspecified atom stereocenters. The first-order valence-electron chi connectivity index (χ1n) is 9.87. The van der Waals surface area contributed by atoms with E-state index in [2.05, 4.69) is 28.3 Å². The molecule has 0 radical (unpaired) electrons. The van der Waals surface area contributed by atoms with Gasteiger partial charge in [0.1, 0.15) is 0 Å². The molecule has 8 heteroatoms. The number of nitrogens with one attached hydrogen (secondary N) is 1. The molecule has 0 aliphatic heterocycles. The summed E-state index contributed by atoms with van der Waals surface area (Å²) in [6, 6.07) is 22.4. The maximum Gasteiger partial charge on any atom is 0.240 e. The summed E-state index contributed by atoms with van der Waals surface area (Å²) in [5.74, 6) is 0.881. The number of hydrogen-bond acceptors (Lipinski definition) is 4. The number of nitrogens with zero attached hydrogens (tertiary/aromatic N) is 2. The van der Waals surface area contributed by atoms with E-state index in [9.17, 15) is 8.42 Å². The van der Waals surface area contributed by atoms with E-state index in [4.69, 9.17) is 16.6 Å². The van der Waals surface area contributed by atoms with Gasteiger partial charge in [-0.25, -0.2) is 18.1 Å². The summed E-state index contributed by atoms with van der Waals surface area (Å²) < 4.78 is 30.5. The fourth-order valence-electron chi connectivity index (χ4n) is 3.28. The lowest BCUT2D eigenvalue weighted by Gasteiger charge is -2.09. The summed E-state index contributed by atoms with van der Waals surface area (Å²) >= 11 is 7.54. The van der Waals surface area contributed by atoms with Crippen molar-refractivity contribution in [2.75, 3.05) is 5.75 Å². The SMILES string of the molecule is CCSc1nc2cc(S(=O)(=O)NCc3ccc(Cl)cc3)ccc2n1Cc1ccccc1. The highest BCUT2D eigenvalue weighted by molar-refractivity contribution is 7.99. The molecule has 3 aromatic carbocycles. The molecule has 1 N–H and O–H groups in total. The van der Waals surface area contributed by atoms with Crippen LogP contribution in [0.5, 0.6) is 0 Å². The van der Waals surface area contributed by atoms with Crippen molar-refractivity contribution in [2.24, 2.45) is 0 Å². The number of halogens is 1. The zero-order chi connectivity index (χ0) is 21.8. The fraction of sp³-hybridized carbons (Fsp3) is 0.174. The van der Waals surface area contributed by atoms with Crippen LogP contribution in [-0.2, 0) is 23.1 Å². The predicted octanol–water partition coefficient (Wildman–Crippen LogP) is 5.33. The second-order valence-electron chi connectivity index (χ2n) is 7.00. The quantitative estimate of drug-likeness (QED) is 0.353. The number of hydrogen-bond donors (Lipinski definition) is 1. The van der Waals surface area contributed by atoms with Crippen LogP contribution in [0.2, 0.25) is 5.02 Å². The lowest BCUT2D eigenvalue weighted by Crippen LogP contribution is -2.23. The van der Waals surface area contributed by atoms with Crippen LogP contribution in [0.25, 0.3) is 11.0 Å². The number of imidazole rings is 1. The van der Waals surface area contributed by atoms with E-state index in [0.29, 0.717) is 17.1 Å². The average molecular weight is 472 g/mol. The maximum atomic E-state index is 12.8. The lowest BCUT2D eigenvalue weighted by molar-refractivity contribution is 0.581. The number of fused-ring (bicyclic) bond motifs is 1. The van der Waals surface area contributed by atoms with Crippen molar-refractivity contribution >= 4 is 44.4 Å². The normalized spacial score (nSPS) is 11.8. The Morgan fingerprint density at radius 3 is 2.45 bits per heavy atom. The van der Waals surface area contributed by atoms with Crippen LogP contribution in [0.3, 0.4) is 0 Å². The molecule has 160 valence electrons. The van der Waals surface area contributed by atoms with Gasteiger partial charge in [-0.05, 0) is 47.2 Å². The molecule has 0 aliphatic rings. The van der Waals surface area contributed by atoms with Crippen LogP contribution in [0.1, 0.15) is 18.1 Å². The molecule has 4 rings (SSSR count). The van der Waals surface area contributed by atoms with Crippen molar-refractivity contribution in [3.63, 3.8) is 0 Å². The van der Waals surface area contributed by atoms with Gasteiger partial charge < -0.3 is 4.57 Å². The lowest BCUT2D eigenvalue weighted by atomic mass is 10.2. The van der Waals surface area contributed by atoms with Gasteiger partial charge >= 0.3 is 0 Å². The first-order valence-corrected chi connectivity index (χ1v) is 12.7. The van der Waals surface area contributed by atoms with Gasteiger partial charge in [-0.1, -0.05) is 72.8 Å². The fourth-order valence-corrected chi connectivity index (χ4v) is 5.18. The van der Waals surface area contributed by atoms with Crippen LogP contribution < -0.4 is 4.72 Å². The third-order valence-electron chi connectivity index (χ3n) is 4.83. The summed E-state index contributed by atoms with van der Waals surface area (Å²) in [5.41, 5.74) is 3.58. The molecule has 0 bridgehead atoms. The molecule has 0 saturated carbocycles. The second kappa shape index (κ2) is 9.44. The van der Waals surface area contributed by atoms with Crippen molar-refractivity contribution in [3.05, 3.63) is 88.9 Å². The van der Waals surface area contributed by atoms with Crippen molar-refractivity contribution in [1.82, 2.24) is 14.3 Å². The highest BCUT2D eigenvalue weighted by atomic mass is 35.5. The zero-order valence-corrected chi connectivity index (χ0v) is 19.3. The van der Waals surface area contributed by atoms with Crippen molar-refractivity contribution in [2.45, 2.75) is 30.1 Å². The zero-order valence-electron chi connectivity index (χ0n) is 17.0. The molecule has 31 heavy (non-hydrogen) atoms. The van der Waals surface area contributed by atoms with E-state index in [1.54, 1.807) is 48.2 Å². The van der Waals surface area contributed by atoms with Crippen LogP contribution in [0.4, 0.5) is 0 Å². The molecule has 5 nitrogen and oxygen atoms in total. The Bertz CT molecular complexity index is 1290. The van der Waals surface area contributed by atoms with E-state index < -0.39 is 10.0 Å². The van der Waals surface area contributed by atoms with Crippen LogP contribution in [0.15, 0.2) is 82.8 Å². The number of benzene rings is 3. The largest absolute Gasteiger partial charge is 0.314 e. The topological polar surface area (TPSA) is 64.0 Å². The van der Waals surface area contributed by atoms with E-state index in [1.165, 1.54) is 5.56 Å². The molecular weight excluding hydrogens is 450 g/mol. The molecular formula is C23H22ClN3O2S2. The van der Waals surface area contributed by atoms with Crippen LogP contribution in [-0.4, -0.2) is 23.7 Å². The van der Waals surface area contributed by atoms with E-state index >= 15 is 0 Å². The Kier molecular flexibility index (Phi) is 6.67. The maximum absolute atomic E-state index is 12.8. The van der Waals surface area contributed by atoms with Gasteiger partial charge in [0.2, 0.25) is 10.0 Å². The van der Waals surface area contributed by atoms with Crippen LogP contribution >= 0.6 is 23.4 Å². The highest BCUT2D eigenvalue weighted by Gasteiger charge is 2.18. The average Bonchev–Trinajstić information content (AvgIpc) is 3.11. The van der Waals surface area contributed by atoms with Crippen molar-refractivity contribution in [1.29, 1.82) is 0 Å². The molecule has 0 spiro atoms. The molecule has 0 saturated heterocycles. The van der Waals surface area contributed by atoms with Gasteiger partial charge in [0, 0.05) is 11.6 Å². The third-order valence-corrected chi connectivity index (χ3v) is 7.34. The Morgan fingerprint density at radius 2 is 1.74 bits per heavy atom. The highest BCUT2D eigenvalue weighted by Crippen LogP contribution is 2.27. The molecule has 4 aromatic rings. The smallest absolute Gasteiger partial charge is 0.240 e. The summed E-state index contributed by atoms with van der Waals surface area (Å²) in [6.45, 7) is 2.95. The second-order valence-corrected chi connectivity index (χ2v) is 10.4. The minimum atomic E-state index is -3.67. The minimum absolute atomic E-state index is 0.191. The number of thioether (sulfide) groups is 1. The molecule has 0 atom stereocenters. The Balaban J connectivity index is 1.63. The first-order chi connectivity index (χ1) is 15.0. The third kappa shape index (κ3) is 5.13. The van der Waals surface area contributed by atoms with Gasteiger partial charge in [-0.2, -0.15) is 0 Å². The molecule has 0 amide bonds. The van der Waals surface area contributed by atoms with Gasteiger partial charge in [0.15, 0.2) is 5.16 Å². The van der Waals surface area contributed by atoms with Crippen LogP contribution in [0, 0.1) is 0 Å². The first kappa shape index (κ1) is 21.9. The summed E-state index contributed by atoms with van der Waals surface area (Å²) in [5, 5.41) is 1.49.